The van der Waals surface area contributed by atoms with Crippen molar-refractivity contribution in [2.24, 2.45) is 5.92 Å². The van der Waals surface area contributed by atoms with E-state index < -0.39 is 0 Å². The van der Waals surface area contributed by atoms with E-state index in [0.717, 1.165) is 12.6 Å². The first-order valence-corrected chi connectivity index (χ1v) is 7.08. The molecule has 4 nitrogen and oxygen atoms in total. The average molecular weight is 298 g/mol. The summed E-state index contributed by atoms with van der Waals surface area (Å²) < 4.78 is 11.3. The Morgan fingerprint density at radius 1 is 0.818 bits per heavy atom. The molecule has 2 rings (SSSR count). The molecule has 0 unspecified atom stereocenters. The van der Waals surface area contributed by atoms with Crippen molar-refractivity contribution in [2.45, 2.75) is 6.92 Å². The van der Waals surface area contributed by atoms with Crippen LogP contribution in [0.15, 0.2) is 48.5 Å². The molecule has 0 aromatic heterocycles. The molecule has 0 atom stereocenters. The number of benzene rings is 2. The lowest BCUT2D eigenvalue weighted by molar-refractivity contribution is 0.111. The van der Waals surface area contributed by atoms with Crippen LogP contribution in [0.2, 0.25) is 0 Å². The van der Waals surface area contributed by atoms with Gasteiger partial charge in [-0.25, -0.2) is 0 Å². The molecule has 0 heterocycles. The lowest BCUT2D eigenvalue weighted by Crippen LogP contribution is -2.17. The second-order valence-corrected chi connectivity index (χ2v) is 5.04. The zero-order chi connectivity index (χ0) is 15.8. The Balaban J connectivity index is 1.87. The van der Waals surface area contributed by atoms with Crippen LogP contribution in [-0.2, 0) is 0 Å². The Morgan fingerprint density at radius 2 is 1.23 bits per heavy atom. The number of ether oxygens (including phenoxy) is 2. The van der Waals surface area contributed by atoms with E-state index in [2.05, 4.69) is 0 Å². The van der Waals surface area contributed by atoms with E-state index in [9.17, 15) is 9.59 Å². The molecule has 0 spiro atoms. The van der Waals surface area contributed by atoms with Crippen LogP contribution in [0.1, 0.15) is 27.6 Å². The van der Waals surface area contributed by atoms with Gasteiger partial charge in [0.15, 0.2) is 12.6 Å². The van der Waals surface area contributed by atoms with Gasteiger partial charge in [-0.15, -0.1) is 0 Å². The maximum atomic E-state index is 10.9. The molecular weight excluding hydrogens is 280 g/mol. The molecule has 2 aromatic carbocycles. The van der Waals surface area contributed by atoms with E-state index in [1.165, 1.54) is 0 Å². The van der Waals surface area contributed by atoms with Gasteiger partial charge < -0.3 is 9.47 Å². The molecule has 0 fully saturated rings. The summed E-state index contributed by atoms with van der Waals surface area (Å²) in [6.07, 6.45) is 1.55. The summed E-state index contributed by atoms with van der Waals surface area (Å²) in [6, 6.07) is 14.2. The van der Waals surface area contributed by atoms with Gasteiger partial charge in [-0.05, 0) is 24.3 Å². The van der Waals surface area contributed by atoms with E-state index in [-0.39, 0.29) is 5.92 Å². The molecule has 0 saturated heterocycles. The summed E-state index contributed by atoms with van der Waals surface area (Å²) in [5.74, 6) is 1.25. The number of carbonyl (C=O) groups excluding carboxylic acids is 2. The molecule has 0 radical (unpaired) electrons. The number of para-hydroxylation sites is 2. The number of hydrogen-bond donors (Lipinski definition) is 0. The van der Waals surface area contributed by atoms with Gasteiger partial charge in [0.1, 0.15) is 11.5 Å². The zero-order valence-electron chi connectivity index (χ0n) is 12.4. The minimum atomic E-state index is 0.111. The van der Waals surface area contributed by atoms with Gasteiger partial charge in [-0.1, -0.05) is 31.2 Å². The van der Waals surface area contributed by atoms with Crippen LogP contribution in [0.25, 0.3) is 0 Å². The van der Waals surface area contributed by atoms with Gasteiger partial charge >= 0.3 is 0 Å². The number of carbonyl (C=O) groups is 2. The fraction of sp³-hybridized carbons (Fsp3) is 0.222. The van der Waals surface area contributed by atoms with Crippen molar-refractivity contribution < 1.29 is 19.1 Å². The Bertz CT molecular complexity index is 581. The van der Waals surface area contributed by atoms with E-state index in [0.29, 0.717) is 35.8 Å². The quantitative estimate of drug-likeness (QED) is 0.701. The Hall–Kier alpha value is -2.62. The number of hydrogen-bond acceptors (Lipinski definition) is 4. The van der Waals surface area contributed by atoms with Crippen LogP contribution in [0.3, 0.4) is 0 Å². The molecule has 0 bridgehead atoms. The van der Waals surface area contributed by atoms with Crippen molar-refractivity contribution in [3.8, 4) is 11.5 Å². The third kappa shape index (κ3) is 4.19. The van der Waals surface area contributed by atoms with E-state index >= 15 is 0 Å². The van der Waals surface area contributed by atoms with Crippen molar-refractivity contribution in [3.63, 3.8) is 0 Å². The van der Waals surface area contributed by atoms with Crippen LogP contribution < -0.4 is 9.47 Å². The third-order valence-corrected chi connectivity index (χ3v) is 3.14. The van der Waals surface area contributed by atoms with Crippen LogP contribution in [0.4, 0.5) is 0 Å². The lowest BCUT2D eigenvalue weighted by Gasteiger charge is -2.15. The van der Waals surface area contributed by atoms with Crippen LogP contribution in [-0.4, -0.2) is 25.8 Å². The minimum Gasteiger partial charge on any atom is -0.492 e. The smallest absolute Gasteiger partial charge is 0.153 e. The maximum Gasteiger partial charge on any atom is 0.153 e. The SMILES string of the molecule is CC(COc1ccccc1C=O)COc1ccccc1C=O. The van der Waals surface area contributed by atoms with Gasteiger partial charge in [0.25, 0.3) is 0 Å². The first-order chi connectivity index (χ1) is 10.7. The van der Waals surface area contributed by atoms with Gasteiger partial charge in [-0.3, -0.25) is 9.59 Å². The van der Waals surface area contributed by atoms with E-state index in [4.69, 9.17) is 9.47 Å². The molecule has 0 aliphatic heterocycles. The Labute approximate surface area is 129 Å². The van der Waals surface area contributed by atoms with Crippen LogP contribution in [0.5, 0.6) is 11.5 Å². The fourth-order valence-electron chi connectivity index (χ4n) is 1.93. The monoisotopic (exact) mass is 298 g/mol. The molecule has 4 heteroatoms. The standard InChI is InChI=1S/C18H18O4/c1-14(12-21-17-8-4-2-6-15(17)10-19)13-22-18-9-5-3-7-16(18)11-20/h2-11,14H,12-13H2,1H3. The molecule has 0 aliphatic carbocycles. The Morgan fingerprint density at radius 3 is 1.64 bits per heavy atom. The molecule has 22 heavy (non-hydrogen) atoms. The fourth-order valence-corrected chi connectivity index (χ4v) is 1.93. The molecule has 0 saturated carbocycles. The van der Waals surface area contributed by atoms with Gasteiger partial charge in [0.2, 0.25) is 0 Å². The third-order valence-electron chi connectivity index (χ3n) is 3.14. The normalized spacial score (nSPS) is 10.3. The van der Waals surface area contributed by atoms with Crippen molar-refractivity contribution in [3.05, 3.63) is 59.7 Å². The molecule has 0 N–H and O–H groups in total. The first-order valence-electron chi connectivity index (χ1n) is 7.08. The summed E-state index contributed by atoms with van der Waals surface area (Å²) in [6.45, 7) is 2.83. The number of rotatable bonds is 8. The van der Waals surface area contributed by atoms with Gasteiger partial charge in [-0.2, -0.15) is 0 Å². The highest BCUT2D eigenvalue weighted by molar-refractivity contribution is 5.79. The van der Waals surface area contributed by atoms with Crippen molar-refractivity contribution >= 4 is 12.6 Å². The molecule has 114 valence electrons. The van der Waals surface area contributed by atoms with E-state index in [1.807, 2.05) is 19.1 Å². The van der Waals surface area contributed by atoms with Crippen LogP contribution >= 0.6 is 0 Å². The van der Waals surface area contributed by atoms with E-state index in [1.54, 1.807) is 36.4 Å². The Kier molecular flexibility index (Phi) is 5.72. The summed E-state index contributed by atoms with van der Waals surface area (Å²) in [4.78, 5) is 21.8. The predicted octanol–water partition coefficient (Wildman–Crippen LogP) is 3.41. The largest absolute Gasteiger partial charge is 0.492 e. The van der Waals surface area contributed by atoms with Gasteiger partial charge in [0, 0.05) is 5.92 Å². The summed E-state index contributed by atoms with van der Waals surface area (Å²) in [5, 5.41) is 0. The maximum absolute atomic E-state index is 10.9. The zero-order valence-corrected chi connectivity index (χ0v) is 12.4. The molecule has 0 amide bonds. The van der Waals surface area contributed by atoms with Gasteiger partial charge in [0.05, 0.1) is 24.3 Å². The highest BCUT2D eigenvalue weighted by Crippen LogP contribution is 2.18. The first kappa shape index (κ1) is 15.8. The summed E-state index contributed by atoms with van der Waals surface area (Å²) in [5.41, 5.74) is 1.06. The van der Waals surface area contributed by atoms with Crippen LogP contribution in [0, 0.1) is 5.92 Å². The minimum absolute atomic E-state index is 0.111. The topological polar surface area (TPSA) is 52.6 Å². The average Bonchev–Trinajstić information content (AvgIpc) is 2.58. The second kappa shape index (κ2) is 7.98. The summed E-state index contributed by atoms with van der Waals surface area (Å²) in [7, 11) is 0. The highest BCUT2D eigenvalue weighted by atomic mass is 16.5. The van der Waals surface area contributed by atoms with Crippen molar-refractivity contribution in [1.29, 1.82) is 0 Å². The lowest BCUT2D eigenvalue weighted by atomic mass is 10.2. The second-order valence-electron chi connectivity index (χ2n) is 5.04. The molecular formula is C18H18O4. The predicted molar refractivity (Wildman–Crippen MR) is 83.8 cm³/mol. The molecule has 0 aliphatic rings. The van der Waals surface area contributed by atoms with Crippen molar-refractivity contribution in [2.75, 3.05) is 13.2 Å². The molecule has 2 aromatic rings. The summed E-state index contributed by atoms with van der Waals surface area (Å²) >= 11 is 0. The number of aldehydes is 2. The highest BCUT2D eigenvalue weighted by Gasteiger charge is 2.08. The van der Waals surface area contributed by atoms with Crippen molar-refractivity contribution in [1.82, 2.24) is 0 Å².